The fourth-order valence-electron chi connectivity index (χ4n) is 2.66. The number of carbonyl (C=O) groups is 1. The molecule has 2 N–H and O–H groups in total. The van der Waals surface area contributed by atoms with Crippen LogP contribution in [0.4, 0.5) is 0 Å². The van der Waals surface area contributed by atoms with Gasteiger partial charge in [-0.3, -0.25) is 4.79 Å². The maximum Gasteiger partial charge on any atom is 0.220 e. The number of ether oxygens (including phenoxy) is 1. The molecule has 1 amide bonds. The largest absolute Gasteiger partial charge is 0.494 e. The molecule has 1 aromatic carbocycles. The molecule has 0 radical (unpaired) electrons. The third kappa shape index (κ3) is 6.48. The fourth-order valence-corrected chi connectivity index (χ4v) is 2.66. The first-order chi connectivity index (χ1) is 10.7. The lowest BCUT2D eigenvalue weighted by atomic mass is 10.0. The van der Waals surface area contributed by atoms with Gasteiger partial charge in [-0.05, 0) is 63.7 Å². The zero-order valence-corrected chi connectivity index (χ0v) is 13.6. The first-order valence-electron chi connectivity index (χ1n) is 8.41. The van der Waals surface area contributed by atoms with E-state index in [4.69, 9.17) is 4.74 Å². The summed E-state index contributed by atoms with van der Waals surface area (Å²) in [6.07, 6.45) is 4.80. The van der Waals surface area contributed by atoms with Crippen LogP contribution in [0.2, 0.25) is 0 Å². The van der Waals surface area contributed by atoms with Crippen molar-refractivity contribution in [2.75, 3.05) is 26.2 Å². The predicted molar refractivity (Wildman–Crippen MR) is 89.1 cm³/mol. The van der Waals surface area contributed by atoms with Crippen molar-refractivity contribution in [3.63, 3.8) is 0 Å². The van der Waals surface area contributed by atoms with Crippen molar-refractivity contribution in [2.24, 2.45) is 5.92 Å². The summed E-state index contributed by atoms with van der Waals surface area (Å²) in [5.41, 5.74) is 1.24. The second kappa shape index (κ2) is 9.46. The predicted octanol–water partition coefficient (Wildman–Crippen LogP) is 2.66. The van der Waals surface area contributed by atoms with Crippen molar-refractivity contribution in [3.8, 4) is 5.75 Å². The normalized spacial score (nSPS) is 17.4. The lowest BCUT2D eigenvalue weighted by Gasteiger charge is -2.09. The van der Waals surface area contributed by atoms with Gasteiger partial charge in [-0.25, -0.2) is 0 Å². The van der Waals surface area contributed by atoms with Crippen LogP contribution in [-0.4, -0.2) is 32.1 Å². The molecule has 1 aromatic rings. The number of amides is 1. The second-order valence-corrected chi connectivity index (χ2v) is 6.12. The summed E-state index contributed by atoms with van der Waals surface area (Å²) in [6, 6.07) is 8.09. The van der Waals surface area contributed by atoms with Crippen LogP contribution < -0.4 is 15.4 Å². The molecular formula is C18H28N2O2. The van der Waals surface area contributed by atoms with E-state index in [9.17, 15) is 4.79 Å². The quantitative estimate of drug-likeness (QED) is 0.690. The second-order valence-electron chi connectivity index (χ2n) is 6.12. The van der Waals surface area contributed by atoms with Gasteiger partial charge in [-0.15, -0.1) is 0 Å². The molecule has 1 aliphatic heterocycles. The SMILES string of the molecule is Cc1ccc(OCCCCNC(=O)CCC2CCNC2)cc1. The average Bonchev–Trinajstić information content (AvgIpc) is 3.04. The van der Waals surface area contributed by atoms with Crippen LogP contribution in [0.15, 0.2) is 24.3 Å². The highest BCUT2D eigenvalue weighted by atomic mass is 16.5. The Kier molecular flexibility index (Phi) is 7.23. The molecule has 1 atom stereocenters. The highest BCUT2D eigenvalue weighted by molar-refractivity contribution is 5.75. The monoisotopic (exact) mass is 304 g/mol. The summed E-state index contributed by atoms with van der Waals surface area (Å²) < 4.78 is 5.66. The van der Waals surface area contributed by atoms with Crippen molar-refractivity contribution in [2.45, 2.75) is 39.0 Å². The minimum Gasteiger partial charge on any atom is -0.494 e. The molecular weight excluding hydrogens is 276 g/mol. The number of carbonyl (C=O) groups excluding carboxylic acids is 1. The number of aryl methyl sites for hydroxylation is 1. The third-order valence-electron chi connectivity index (χ3n) is 4.13. The number of hydrogen-bond donors (Lipinski definition) is 2. The Balaban J connectivity index is 1.44. The minimum absolute atomic E-state index is 0.186. The average molecular weight is 304 g/mol. The van der Waals surface area contributed by atoms with Crippen molar-refractivity contribution >= 4 is 5.91 Å². The minimum atomic E-state index is 0.186. The fraction of sp³-hybridized carbons (Fsp3) is 0.611. The molecule has 2 rings (SSSR count). The van der Waals surface area contributed by atoms with E-state index in [-0.39, 0.29) is 5.91 Å². The summed E-state index contributed by atoms with van der Waals surface area (Å²) in [7, 11) is 0. The Morgan fingerprint density at radius 3 is 2.86 bits per heavy atom. The van der Waals surface area contributed by atoms with Gasteiger partial charge in [0.25, 0.3) is 0 Å². The maximum absolute atomic E-state index is 11.7. The maximum atomic E-state index is 11.7. The van der Waals surface area contributed by atoms with Crippen LogP contribution in [0.25, 0.3) is 0 Å². The smallest absolute Gasteiger partial charge is 0.220 e. The highest BCUT2D eigenvalue weighted by Crippen LogP contribution is 2.14. The molecule has 0 bridgehead atoms. The number of rotatable bonds is 9. The summed E-state index contributed by atoms with van der Waals surface area (Å²) >= 11 is 0. The Hall–Kier alpha value is -1.55. The first kappa shape index (κ1) is 16.8. The van der Waals surface area contributed by atoms with Crippen LogP contribution in [0.3, 0.4) is 0 Å². The molecule has 0 aromatic heterocycles. The lowest BCUT2D eigenvalue weighted by Crippen LogP contribution is -2.25. The highest BCUT2D eigenvalue weighted by Gasteiger charge is 2.15. The molecule has 1 aliphatic rings. The number of unbranched alkanes of at least 4 members (excludes halogenated alkanes) is 1. The van der Waals surface area contributed by atoms with Crippen LogP contribution in [0.1, 0.15) is 37.7 Å². The van der Waals surface area contributed by atoms with E-state index >= 15 is 0 Å². The standard InChI is InChI=1S/C18H28N2O2/c1-15-4-7-17(8-5-15)22-13-3-2-11-20-18(21)9-6-16-10-12-19-14-16/h4-5,7-8,16,19H,2-3,6,9-14H2,1H3,(H,20,21). The van der Waals surface area contributed by atoms with Crippen molar-refractivity contribution < 1.29 is 9.53 Å². The van der Waals surface area contributed by atoms with E-state index in [1.165, 1.54) is 12.0 Å². The Morgan fingerprint density at radius 2 is 2.14 bits per heavy atom. The lowest BCUT2D eigenvalue weighted by molar-refractivity contribution is -0.121. The Labute approximate surface area is 133 Å². The zero-order valence-electron chi connectivity index (χ0n) is 13.6. The molecule has 0 saturated carbocycles. The molecule has 1 saturated heterocycles. The van der Waals surface area contributed by atoms with Crippen molar-refractivity contribution in [1.82, 2.24) is 10.6 Å². The summed E-state index contributed by atoms with van der Waals surface area (Å²) in [5, 5.41) is 6.33. The van der Waals surface area contributed by atoms with Crippen LogP contribution in [0, 0.1) is 12.8 Å². The van der Waals surface area contributed by atoms with Gasteiger partial charge in [0.05, 0.1) is 6.61 Å². The summed E-state index contributed by atoms with van der Waals surface area (Å²) in [6.45, 7) is 5.69. The van der Waals surface area contributed by atoms with E-state index in [0.29, 0.717) is 18.9 Å². The molecule has 1 heterocycles. The zero-order chi connectivity index (χ0) is 15.6. The Bertz CT molecular complexity index is 439. The molecule has 0 aliphatic carbocycles. The van der Waals surface area contributed by atoms with Gasteiger partial charge in [-0.1, -0.05) is 17.7 Å². The number of nitrogens with one attached hydrogen (secondary N) is 2. The van der Waals surface area contributed by atoms with Gasteiger partial charge in [0.15, 0.2) is 0 Å². The van der Waals surface area contributed by atoms with Crippen LogP contribution in [0.5, 0.6) is 5.75 Å². The first-order valence-corrected chi connectivity index (χ1v) is 8.41. The van der Waals surface area contributed by atoms with Gasteiger partial charge in [-0.2, -0.15) is 0 Å². The van der Waals surface area contributed by atoms with E-state index in [2.05, 4.69) is 29.7 Å². The molecule has 22 heavy (non-hydrogen) atoms. The van der Waals surface area contributed by atoms with E-state index < -0.39 is 0 Å². The van der Waals surface area contributed by atoms with E-state index in [1.807, 2.05) is 12.1 Å². The summed E-state index contributed by atoms with van der Waals surface area (Å²) in [4.78, 5) is 11.7. The van der Waals surface area contributed by atoms with Gasteiger partial charge >= 0.3 is 0 Å². The van der Waals surface area contributed by atoms with Gasteiger partial charge < -0.3 is 15.4 Å². The topological polar surface area (TPSA) is 50.4 Å². The summed E-state index contributed by atoms with van der Waals surface area (Å²) in [5.74, 6) is 1.79. The van der Waals surface area contributed by atoms with Crippen molar-refractivity contribution in [3.05, 3.63) is 29.8 Å². The van der Waals surface area contributed by atoms with Gasteiger partial charge in [0.1, 0.15) is 5.75 Å². The molecule has 1 unspecified atom stereocenters. The van der Waals surface area contributed by atoms with Crippen LogP contribution >= 0.6 is 0 Å². The number of hydrogen-bond acceptors (Lipinski definition) is 3. The van der Waals surface area contributed by atoms with Crippen molar-refractivity contribution in [1.29, 1.82) is 0 Å². The molecule has 1 fully saturated rings. The van der Waals surface area contributed by atoms with E-state index in [1.54, 1.807) is 0 Å². The van der Waals surface area contributed by atoms with Crippen LogP contribution in [-0.2, 0) is 4.79 Å². The molecule has 4 nitrogen and oxygen atoms in total. The van der Waals surface area contributed by atoms with Gasteiger partial charge in [0.2, 0.25) is 5.91 Å². The Morgan fingerprint density at radius 1 is 1.32 bits per heavy atom. The van der Waals surface area contributed by atoms with Gasteiger partial charge in [0, 0.05) is 13.0 Å². The third-order valence-corrected chi connectivity index (χ3v) is 4.13. The van der Waals surface area contributed by atoms with E-state index in [0.717, 1.165) is 44.6 Å². The molecule has 122 valence electrons. The number of benzene rings is 1. The molecule has 0 spiro atoms. The molecule has 4 heteroatoms.